The Morgan fingerprint density at radius 2 is 1.92 bits per heavy atom. The Hall–Kier alpha value is -3.16. The summed E-state index contributed by atoms with van der Waals surface area (Å²) in [5.74, 6) is -1.10. The van der Waals surface area contributed by atoms with E-state index in [1.807, 2.05) is 24.4 Å². The van der Waals surface area contributed by atoms with Gasteiger partial charge in [0.1, 0.15) is 11.3 Å². The van der Waals surface area contributed by atoms with E-state index in [1.165, 1.54) is 4.68 Å². The van der Waals surface area contributed by atoms with Crippen molar-refractivity contribution in [1.29, 1.82) is 0 Å². The van der Waals surface area contributed by atoms with Crippen LogP contribution in [0.5, 0.6) is 0 Å². The predicted octanol–water partition coefficient (Wildman–Crippen LogP) is 1.25. The standard InChI is InChI=1S/C17H17N5O3/c23-15(13-12-21-8-2-1-4-14(21)19-13)20-10-5-17(6-11-20,16(24)25)22-9-3-7-18-22/h1-4,7-9,12H,5-6,10-11H2,(H,24,25). The smallest absolute Gasteiger partial charge is 0.331 e. The summed E-state index contributed by atoms with van der Waals surface area (Å²) in [5.41, 5.74) is -0.0217. The van der Waals surface area contributed by atoms with Crippen LogP contribution in [-0.2, 0) is 10.3 Å². The van der Waals surface area contributed by atoms with Gasteiger partial charge in [-0.3, -0.25) is 9.48 Å². The van der Waals surface area contributed by atoms with E-state index in [1.54, 1.807) is 34.0 Å². The molecule has 1 N–H and O–H groups in total. The Morgan fingerprint density at radius 3 is 2.56 bits per heavy atom. The molecule has 128 valence electrons. The number of piperidine rings is 1. The molecule has 1 aliphatic rings. The number of hydrogen-bond acceptors (Lipinski definition) is 4. The van der Waals surface area contributed by atoms with Gasteiger partial charge < -0.3 is 14.4 Å². The number of fused-ring (bicyclic) bond motifs is 1. The number of pyridine rings is 1. The molecule has 4 rings (SSSR count). The number of nitrogens with zero attached hydrogens (tertiary/aromatic N) is 5. The van der Waals surface area contributed by atoms with E-state index >= 15 is 0 Å². The van der Waals surface area contributed by atoms with Gasteiger partial charge in [0.2, 0.25) is 0 Å². The molecule has 1 aliphatic heterocycles. The van der Waals surface area contributed by atoms with Crippen molar-refractivity contribution in [3.05, 3.63) is 54.7 Å². The molecule has 25 heavy (non-hydrogen) atoms. The van der Waals surface area contributed by atoms with Crippen LogP contribution in [0.15, 0.2) is 49.1 Å². The van der Waals surface area contributed by atoms with Gasteiger partial charge in [-0.05, 0) is 18.2 Å². The molecule has 8 heteroatoms. The SMILES string of the molecule is O=C(c1cn2ccccc2n1)N1CCC(C(=O)O)(n2cccn2)CC1. The maximum Gasteiger partial charge on any atom is 0.331 e. The molecule has 3 aromatic rings. The number of carboxylic acid groups (broad SMARTS) is 1. The third-order valence-corrected chi connectivity index (χ3v) is 4.80. The van der Waals surface area contributed by atoms with E-state index < -0.39 is 11.5 Å². The van der Waals surface area contributed by atoms with Gasteiger partial charge in [0.15, 0.2) is 5.54 Å². The summed E-state index contributed by atoms with van der Waals surface area (Å²) < 4.78 is 3.28. The topological polar surface area (TPSA) is 92.7 Å². The minimum absolute atomic E-state index is 0.178. The second-order valence-electron chi connectivity index (χ2n) is 6.17. The number of rotatable bonds is 3. The van der Waals surface area contributed by atoms with E-state index in [9.17, 15) is 14.7 Å². The van der Waals surface area contributed by atoms with Crippen LogP contribution in [0.4, 0.5) is 0 Å². The van der Waals surface area contributed by atoms with E-state index in [2.05, 4.69) is 10.1 Å². The predicted molar refractivity (Wildman–Crippen MR) is 88.2 cm³/mol. The van der Waals surface area contributed by atoms with Crippen LogP contribution >= 0.6 is 0 Å². The third kappa shape index (κ3) is 2.46. The largest absolute Gasteiger partial charge is 0.479 e. The molecule has 1 saturated heterocycles. The molecule has 4 heterocycles. The van der Waals surface area contributed by atoms with Crippen molar-refractivity contribution in [2.24, 2.45) is 0 Å². The first-order chi connectivity index (χ1) is 12.1. The van der Waals surface area contributed by atoms with Crippen molar-refractivity contribution in [1.82, 2.24) is 24.1 Å². The average molecular weight is 339 g/mol. The second-order valence-corrected chi connectivity index (χ2v) is 6.17. The number of carbonyl (C=O) groups is 2. The van der Waals surface area contributed by atoms with Crippen molar-refractivity contribution in [3.63, 3.8) is 0 Å². The van der Waals surface area contributed by atoms with Gasteiger partial charge in [0.05, 0.1) is 0 Å². The molecule has 0 aromatic carbocycles. The fourth-order valence-corrected chi connectivity index (χ4v) is 3.34. The van der Waals surface area contributed by atoms with Crippen molar-refractivity contribution in [3.8, 4) is 0 Å². The van der Waals surface area contributed by atoms with Crippen LogP contribution in [0.3, 0.4) is 0 Å². The summed E-state index contributed by atoms with van der Waals surface area (Å²) in [4.78, 5) is 30.6. The number of aliphatic carboxylic acids is 1. The highest BCUT2D eigenvalue weighted by Crippen LogP contribution is 2.30. The fraction of sp³-hybridized carbons (Fsp3) is 0.294. The van der Waals surface area contributed by atoms with Gasteiger partial charge in [-0.2, -0.15) is 5.10 Å². The molecule has 3 aromatic heterocycles. The first-order valence-corrected chi connectivity index (χ1v) is 8.07. The van der Waals surface area contributed by atoms with Crippen LogP contribution in [0.1, 0.15) is 23.3 Å². The van der Waals surface area contributed by atoms with Crippen molar-refractivity contribution in [2.45, 2.75) is 18.4 Å². The minimum Gasteiger partial charge on any atom is -0.479 e. The Kier molecular flexibility index (Phi) is 3.52. The molecule has 0 saturated carbocycles. The number of imidazole rings is 1. The molecule has 0 radical (unpaired) electrons. The van der Waals surface area contributed by atoms with Crippen LogP contribution in [0.25, 0.3) is 5.65 Å². The first kappa shape index (κ1) is 15.4. The van der Waals surface area contributed by atoms with E-state index in [4.69, 9.17) is 0 Å². The number of hydrogen-bond donors (Lipinski definition) is 1. The average Bonchev–Trinajstić information content (AvgIpc) is 3.30. The highest BCUT2D eigenvalue weighted by molar-refractivity contribution is 5.93. The maximum absolute atomic E-state index is 12.7. The van der Waals surface area contributed by atoms with Crippen LogP contribution < -0.4 is 0 Å². The third-order valence-electron chi connectivity index (χ3n) is 4.80. The highest BCUT2D eigenvalue weighted by Gasteiger charge is 2.45. The van der Waals surface area contributed by atoms with Crippen LogP contribution in [-0.4, -0.2) is 54.1 Å². The molecule has 0 unspecified atom stereocenters. The summed E-state index contributed by atoms with van der Waals surface area (Å²) in [7, 11) is 0. The lowest BCUT2D eigenvalue weighted by atomic mass is 9.87. The highest BCUT2D eigenvalue weighted by atomic mass is 16.4. The Balaban J connectivity index is 1.54. The lowest BCUT2D eigenvalue weighted by Gasteiger charge is -2.38. The van der Waals surface area contributed by atoms with Gasteiger partial charge in [-0.15, -0.1) is 0 Å². The first-order valence-electron chi connectivity index (χ1n) is 8.07. The number of aromatic nitrogens is 4. The summed E-state index contributed by atoms with van der Waals surface area (Å²) in [5, 5.41) is 13.8. The van der Waals surface area contributed by atoms with E-state index in [0.29, 0.717) is 37.3 Å². The molecular formula is C17H17N5O3. The number of carboxylic acids is 1. The minimum atomic E-state index is -1.10. The van der Waals surface area contributed by atoms with Gasteiger partial charge >= 0.3 is 5.97 Å². The van der Waals surface area contributed by atoms with Crippen LogP contribution in [0, 0.1) is 0 Å². The zero-order valence-corrected chi connectivity index (χ0v) is 13.4. The quantitative estimate of drug-likeness (QED) is 0.775. The monoisotopic (exact) mass is 339 g/mol. The molecule has 0 aliphatic carbocycles. The van der Waals surface area contributed by atoms with Gasteiger partial charge in [0.25, 0.3) is 5.91 Å². The van der Waals surface area contributed by atoms with E-state index in [-0.39, 0.29) is 5.91 Å². The van der Waals surface area contributed by atoms with Crippen LogP contribution in [0.2, 0.25) is 0 Å². The molecule has 8 nitrogen and oxygen atoms in total. The Labute approximate surface area is 143 Å². The molecular weight excluding hydrogens is 322 g/mol. The summed E-state index contributed by atoms with van der Waals surface area (Å²) in [6.07, 6.45) is 7.38. The lowest BCUT2D eigenvalue weighted by molar-refractivity contribution is -0.150. The number of amides is 1. The van der Waals surface area contributed by atoms with Gasteiger partial charge in [-0.25, -0.2) is 9.78 Å². The summed E-state index contributed by atoms with van der Waals surface area (Å²) >= 11 is 0. The lowest BCUT2D eigenvalue weighted by Crippen LogP contribution is -2.52. The second kappa shape index (κ2) is 5.73. The zero-order chi connectivity index (χ0) is 17.4. The Bertz CT molecular complexity index is 890. The molecule has 0 bridgehead atoms. The maximum atomic E-state index is 12.7. The van der Waals surface area contributed by atoms with Gasteiger partial charge in [0, 0.05) is 50.7 Å². The molecule has 0 spiro atoms. The summed E-state index contributed by atoms with van der Waals surface area (Å²) in [6, 6.07) is 7.27. The fourth-order valence-electron chi connectivity index (χ4n) is 3.34. The van der Waals surface area contributed by atoms with E-state index in [0.717, 1.165) is 0 Å². The molecule has 1 fully saturated rings. The van der Waals surface area contributed by atoms with Crippen molar-refractivity contribution < 1.29 is 14.7 Å². The number of likely N-dealkylation sites (tertiary alicyclic amines) is 1. The normalized spacial score (nSPS) is 16.9. The van der Waals surface area contributed by atoms with Crippen molar-refractivity contribution >= 4 is 17.5 Å². The summed E-state index contributed by atoms with van der Waals surface area (Å²) in [6.45, 7) is 0.692. The molecule has 0 atom stereocenters. The Morgan fingerprint density at radius 1 is 1.12 bits per heavy atom. The molecule has 1 amide bonds. The number of carbonyl (C=O) groups excluding carboxylic acids is 1. The van der Waals surface area contributed by atoms with Gasteiger partial charge in [-0.1, -0.05) is 6.07 Å². The zero-order valence-electron chi connectivity index (χ0n) is 13.4. The van der Waals surface area contributed by atoms with Crippen molar-refractivity contribution in [2.75, 3.05) is 13.1 Å².